The van der Waals surface area contributed by atoms with Crippen LogP contribution in [0.1, 0.15) is 11.3 Å². The van der Waals surface area contributed by atoms with Crippen LogP contribution < -0.4 is 10.5 Å². The molecule has 6 nitrogen and oxygen atoms in total. The molecular formula is C17H18ClN5OS. The summed E-state index contributed by atoms with van der Waals surface area (Å²) in [5.74, 6) is 0. The molecule has 0 aliphatic carbocycles. The Labute approximate surface area is 154 Å². The maximum absolute atomic E-state index is 12.0. The van der Waals surface area contributed by atoms with Gasteiger partial charge >= 0.3 is 0 Å². The van der Waals surface area contributed by atoms with E-state index in [9.17, 15) is 4.79 Å². The number of aryl methyl sites for hydroxylation is 1. The number of hydrogen-bond donors (Lipinski definition) is 0. The molecule has 0 unspecified atom stereocenters. The predicted molar refractivity (Wildman–Crippen MR) is 101 cm³/mol. The second kappa shape index (κ2) is 6.74. The van der Waals surface area contributed by atoms with Crippen molar-refractivity contribution in [2.45, 2.75) is 13.5 Å². The van der Waals surface area contributed by atoms with Gasteiger partial charge in [-0.1, -0.05) is 35.1 Å². The Morgan fingerprint density at radius 3 is 2.60 bits per heavy atom. The van der Waals surface area contributed by atoms with Gasteiger partial charge in [-0.3, -0.25) is 9.69 Å². The molecular weight excluding hydrogens is 358 g/mol. The summed E-state index contributed by atoms with van der Waals surface area (Å²) in [5.41, 5.74) is 1.88. The van der Waals surface area contributed by atoms with E-state index in [0.717, 1.165) is 48.6 Å². The Hall–Kier alpha value is -1.96. The number of piperazine rings is 1. The fourth-order valence-electron chi connectivity index (χ4n) is 2.98. The van der Waals surface area contributed by atoms with Crippen LogP contribution in [0.3, 0.4) is 0 Å². The van der Waals surface area contributed by atoms with E-state index in [4.69, 9.17) is 11.6 Å². The molecule has 4 rings (SSSR count). The van der Waals surface area contributed by atoms with Crippen molar-refractivity contribution in [2.75, 3.05) is 31.1 Å². The van der Waals surface area contributed by atoms with Crippen molar-refractivity contribution in [1.29, 1.82) is 0 Å². The zero-order valence-corrected chi connectivity index (χ0v) is 15.4. The molecule has 0 N–H and O–H groups in total. The van der Waals surface area contributed by atoms with Crippen LogP contribution in [0.4, 0.5) is 5.13 Å². The number of rotatable bonds is 3. The maximum atomic E-state index is 12.0. The molecule has 1 saturated heterocycles. The van der Waals surface area contributed by atoms with Crippen molar-refractivity contribution >= 4 is 33.0 Å². The molecule has 0 radical (unpaired) electrons. The van der Waals surface area contributed by atoms with Crippen LogP contribution in [0.5, 0.6) is 0 Å². The second-order valence-corrected chi connectivity index (χ2v) is 7.58. The number of anilines is 1. The van der Waals surface area contributed by atoms with E-state index < -0.39 is 0 Å². The summed E-state index contributed by atoms with van der Waals surface area (Å²) in [5, 5.41) is 6.08. The third-order valence-corrected chi connectivity index (χ3v) is 5.55. The minimum atomic E-state index is -0.119. The van der Waals surface area contributed by atoms with Gasteiger partial charge in [0.1, 0.15) is 0 Å². The Kier molecular flexibility index (Phi) is 4.45. The van der Waals surface area contributed by atoms with E-state index in [2.05, 4.69) is 32.0 Å². The quantitative estimate of drug-likeness (QED) is 0.703. The Morgan fingerprint density at radius 2 is 1.88 bits per heavy atom. The van der Waals surface area contributed by atoms with Crippen LogP contribution in [-0.4, -0.2) is 45.7 Å². The topological polar surface area (TPSA) is 53.7 Å². The number of fused-ring (bicyclic) bond motifs is 1. The molecule has 0 atom stereocenters. The number of hydrogen-bond acceptors (Lipinski definition) is 6. The van der Waals surface area contributed by atoms with E-state index in [1.54, 1.807) is 0 Å². The van der Waals surface area contributed by atoms with Gasteiger partial charge in [0.15, 0.2) is 0 Å². The minimum absolute atomic E-state index is 0.119. The molecule has 0 amide bonds. The summed E-state index contributed by atoms with van der Waals surface area (Å²) in [6, 6.07) is 9.52. The summed E-state index contributed by atoms with van der Waals surface area (Å²) in [6.45, 7) is 6.45. The third kappa shape index (κ3) is 3.53. The van der Waals surface area contributed by atoms with Crippen molar-refractivity contribution in [3.63, 3.8) is 0 Å². The van der Waals surface area contributed by atoms with E-state index in [1.807, 2.05) is 19.1 Å². The van der Waals surface area contributed by atoms with Crippen LogP contribution >= 0.6 is 22.9 Å². The highest BCUT2D eigenvalue weighted by atomic mass is 35.5. The molecule has 1 aliphatic rings. The molecule has 1 aliphatic heterocycles. The van der Waals surface area contributed by atoms with E-state index in [0.29, 0.717) is 4.96 Å². The first-order valence-electron chi connectivity index (χ1n) is 8.18. The van der Waals surface area contributed by atoms with Crippen molar-refractivity contribution < 1.29 is 0 Å². The summed E-state index contributed by atoms with van der Waals surface area (Å²) in [4.78, 5) is 21.7. The normalized spacial score (nSPS) is 15.8. The summed E-state index contributed by atoms with van der Waals surface area (Å²) < 4.78 is 1.40. The monoisotopic (exact) mass is 375 g/mol. The van der Waals surface area contributed by atoms with Crippen LogP contribution in [-0.2, 0) is 6.54 Å². The molecule has 130 valence electrons. The molecule has 8 heteroatoms. The molecule has 3 aromatic rings. The van der Waals surface area contributed by atoms with Crippen LogP contribution in [0.25, 0.3) is 4.96 Å². The van der Waals surface area contributed by atoms with E-state index in [-0.39, 0.29) is 5.56 Å². The molecule has 1 fully saturated rings. The number of benzene rings is 1. The Balaban J connectivity index is 1.44. The molecule has 3 heterocycles. The zero-order chi connectivity index (χ0) is 17.4. The zero-order valence-electron chi connectivity index (χ0n) is 13.9. The van der Waals surface area contributed by atoms with Gasteiger partial charge in [0.25, 0.3) is 5.56 Å². The Bertz CT molecular complexity index is 944. The highest BCUT2D eigenvalue weighted by molar-refractivity contribution is 7.20. The van der Waals surface area contributed by atoms with Crippen LogP contribution in [0, 0.1) is 6.92 Å². The highest BCUT2D eigenvalue weighted by Gasteiger charge is 2.20. The van der Waals surface area contributed by atoms with Crippen LogP contribution in [0.2, 0.25) is 5.02 Å². The fraction of sp³-hybridized carbons (Fsp3) is 0.353. The lowest BCUT2D eigenvalue weighted by molar-refractivity contribution is 0.249. The predicted octanol–water partition coefficient (Wildman–Crippen LogP) is 2.44. The first-order chi connectivity index (χ1) is 12.1. The van der Waals surface area contributed by atoms with E-state index >= 15 is 0 Å². The summed E-state index contributed by atoms with van der Waals surface area (Å²) in [6.07, 6.45) is 0. The molecule has 0 bridgehead atoms. The van der Waals surface area contributed by atoms with Gasteiger partial charge in [0, 0.05) is 49.5 Å². The number of aromatic nitrogens is 3. The highest BCUT2D eigenvalue weighted by Crippen LogP contribution is 2.23. The molecule has 0 spiro atoms. The lowest BCUT2D eigenvalue weighted by Crippen LogP contribution is -2.46. The van der Waals surface area contributed by atoms with Crippen molar-refractivity contribution in [1.82, 2.24) is 19.5 Å². The Morgan fingerprint density at radius 1 is 1.16 bits per heavy atom. The minimum Gasteiger partial charge on any atom is -0.344 e. The van der Waals surface area contributed by atoms with E-state index in [1.165, 1.54) is 27.5 Å². The van der Waals surface area contributed by atoms with Crippen molar-refractivity contribution in [3.05, 3.63) is 57.0 Å². The molecule has 1 aromatic carbocycles. The molecule has 2 aromatic heterocycles. The average molecular weight is 376 g/mol. The first kappa shape index (κ1) is 16.5. The lowest BCUT2D eigenvalue weighted by atomic mass is 10.2. The summed E-state index contributed by atoms with van der Waals surface area (Å²) in [7, 11) is 0. The second-order valence-electron chi connectivity index (χ2n) is 6.20. The van der Waals surface area contributed by atoms with Gasteiger partial charge in [-0.15, -0.1) is 5.10 Å². The van der Waals surface area contributed by atoms with Gasteiger partial charge in [-0.25, -0.2) is 4.98 Å². The number of halogens is 1. The van der Waals surface area contributed by atoms with Gasteiger partial charge in [0.05, 0.1) is 0 Å². The first-order valence-corrected chi connectivity index (χ1v) is 9.37. The third-order valence-electron chi connectivity index (χ3n) is 4.32. The smallest absolute Gasteiger partial charge is 0.275 e. The van der Waals surface area contributed by atoms with Gasteiger partial charge in [0.2, 0.25) is 10.1 Å². The van der Waals surface area contributed by atoms with Crippen molar-refractivity contribution in [2.24, 2.45) is 0 Å². The fourth-order valence-corrected chi connectivity index (χ4v) is 4.11. The SMILES string of the molecule is Cc1cc(=O)n2nc(N3CCN(Cc4ccc(Cl)cc4)CC3)sc2n1. The van der Waals surface area contributed by atoms with Gasteiger partial charge in [-0.2, -0.15) is 4.52 Å². The summed E-state index contributed by atoms with van der Waals surface area (Å²) >= 11 is 7.41. The van der Waals surface area contributed by atoms with Crippen molar-refractivity contribution in [3.8, 4) is 0 Å². The van der Waals surface area contributed by atoms with Crippen LogP contribution in [0.15, 0.2) is 35.1 Å². The molecule has 0 saturated carbocycles. The van der Waals surface area contributed by atoms with Gasteiger partial charge in [-0.05, 0) is 24.6 Å². The maximum Gasteiger partial charge on any atom is 0.275 e. The van der Waals surface area contributed by atoms with Gasteiger partial charge < -0.3 is 4.90 Å². The average Bonchev–Trinajstić information content (AvgIpc) is 3.02. The standard InChI is InChI=1S/C17H18ClN5OS/c1-12-10-15(24)23-16(19-12)25-17(20-23)22-8-6-21(7-9-22)11-13-2-4-14(18)5-3-13/h2-5,10H,6-9,11H2,1H3. The largest absolute Gasteiger partial charge is 0.344 e. The number of nitrogens with zero attached hydrogens (tertiary/aromatic N) is 5. The lowest BCUT2D eigenvalue weighted by Gasteiger charge is -2.34. The molecule has 25 heavy (non-hydrogen) atoms.